The van der Waals surface area contributed by atoms with Crippen LogP contribution >= 0.6 is 0 Å². The molecule has 0 bridgehead atoms. The predicted octanol–water partition coefficient (Wildman–Crippen LogP) is 9.32. The van der Waals surface area contributed by atoms with Gasteiger partial charge in [-0.15, -0.1) is 0 Å². The molecule has 0 fully saturated rings. The van der Waals surface area contributed by atoms with Gasteiger partial charge in [-0.25, -0.2) is 0 Å². The summed E-state index contributed by atoms with van der Waals surface area (Å²) in [6.07, 6.45) is 27.2. The molecule has 0 aromatic carbocycles. The zero-order valence-electron chi connectivity index (χ0n) is 22.6. The highest BCUT2D eigenvalue weighted by Gasteiger charge is 2.09. The minimum atomic E-state index is -0.0338. The van der Waals surface area contributed by atoms with Crippen molar-refractivity contribution in [2.45, 2.75) is 149 Å². The maximum absolute atomic E-state index is 6.04. The first-order chi connectivity index (χ1) is 16.3. The molecule has 4 nitrogen and oxygen atoms in total. The van der Waals surface area contributed by atoms with Crippen LogP contribution in [0.1, 0.15) is 143 Å². The number of rotatable bonds is 28. The van der Waals surface area contributed by atoms with Crippen molar-refractivity contribution < 1.29 is 18.9 Å². The van der Waals surface area contributed by atoms with Crippen LogP contribution in [0.4, 0.5) is 0 Å². The highest BCUT2D eigenvalue weighted by molar-refractivity contribution is 4.72. The normalized spacial score (nSPS) is 11.8. The summed E-state index contributed by atoms with van der Waals surface area (Å²) in [6.45, 7) is 9.57. The van der Waals surface area contributed by atoms with E-state index in [-0.39, 0.29) is 6.29 Å². The van der Waals surface area contributed by atoms with E-state index in [4.69, 9.17) is 18.9 Å². The Morgan fingerprint density at radius 2 is 1.06 bits per heavy atom. The van der Waals surface area contributed by atoms with E-state index in [9.17, 15) is 0 Å². The molecule has 0 atom stereocenters. The zero-order valence-corrected chi connectivity index (χ0v) is 22.6. The first-order valence-corrected chi connectivity index (χ1v) is 14.4. The Kier molecular flexibility index (Phi) is 28.9. The van der Waals surface area contributed by atoms with Crippen molar-refractivity contribution >= 4 is 0 Å². The third-order valence-electron chi connectivity index (χ3n) is 5.90. The second kappa shape index (κ2) is 29.5. The Morgan fingerprint density at radius 1 is 0.545 bits per heavy atom. The molecule has 0 aliphatic heterocycles. The van der Waals surface area contributed by atoms with Crippen LogP contribution in [0.15, 0.2) is 12.3 Å². The number of hydrogen-bond donors (Lipinski definition) is 0. The van der Waals surface area contributed by atoms with E-state index in [1.54, 1.807) is 6.26 Å². The molecule has 0 aliphatic carbocycles. The van der Waals surface area contributed by atoms with E-state index in [1.165, 1.54) is 77.0 Å². The van der Waals surface area contributed by atoms with Gasteiger partial charge in [-0.1, -0.05) is 97.8 Å². The van der Waals surface area contributed by atoms with E-state index < -0.39 is 0 Å². The van der Waals surface area contributed by atoms with Gasteiger partial charge in [0.05, 0.1) is 12.9 Å². The van der Waals surface area contributed by atoms with Gasteiger partial charge >= 0.3 is 0 Å². The molecule has 0 unspecified atom stereocenters. The highest BCUT2D eigenvalue weighted by Crippen LogP contribution is 2.12. The Morgan fingerprint density at radius 3 is 1.67 bits per heavy atom. The number of ether oxygens (including phenoxy) is 4. The molecule has 0 aromatic heterocycles. The summed E-state index contributed by atoms with van der Waals surface area (Å²) in [5.41, 5.74) is 0. The minimum absolute atomic E-state index is 0.0338. The summed E-state index contributed by atoms with van der Waals surface area (Å²) >= 11 is 0. The van der Waals surface area contributed by atoms with Crippen LogP contribution in [0.5, 0.6) is 0 Å². The molecule has 0 amide bonds. The van der Waals surface area contributed by atoms with Gasteiger partial charge in [-0.2, -0.15) is 0 Å². The molecular weight excluding hydrogens is 412 g/mol. The van der Waals surface area contributed by atoms with Gasteiger partial charge in [-0.05, 0) is 51.0 Å². The molecule has 4 heteroatoms. The van der Waals surface area contributed by atoms with Crippen LogP contribution in [-0.2, 0) is 18.9 Å². The number of hydrogen-bond acceptors (Lipinski definition) is 4. The fourth-order valence-electron chi connectivity index (χ4n) is 3.72. The van der Waals surface area contributed by atoms with Gasteiger partial charge < -0.3 is 18.9 Å². The molecule has 0 aliphatic rings. The lowest BCUT2D eigenvalue weighted by Gasteiger charge is -2.18. The summed E-state index contributed by atoms with van der Waals surface area (Å²) in [5.74, 6) is 0. The second-order valence-corrected chi connectivity index (χ2v) is 9.26. The van der Waals surface area contributed by atoms with Crippen molar-refractivity contribution in [3.05, 3.63) is 12.3 Å². The molecule has 0 saturated carbocycles. The van der Waals surface area contributed by atoms with Crippen molar-refractivity contribution in [3.8, 4) is 0 Å². The van der Waals surface area contributed by atoms with Crippen molar-refractivity contribution in [1.29, 1.82) is 0 Å². The van der Waals surface area contributed by atoms with Crippen molar-refractivity contribution in [2.75, 3.05) is 26.6 Å². The van der Waals surface area contributed by atoms with Crippen LogP contribution in [0, 0.1) is 0 Å². The molecule has 0 aromatic rings. The van der Waals surface area contributed by atoms with Gasteiger partial charge in [0, 0.05) is 13.2 Å². The van der Waals surface area contributed by atoms with Gasteiger partial charge in [0.2, 0.25) is 0 Å². The summed E-state index contributed by atoms with van der Waals surface area (Å²) in [6, 6.07) is 0. The van der Waals surface area contributed by atoms with E-state index in [2.05, 4.69) is 26.8 Å². The fraction of sp³-hybridized carbons (Fsp3) is 0.931. The summed E-state index contributed by atoms with van der Waals surface area (Å²) in [5, 5.41) is 0. The number of allylic oxidation sites excluding steroid dienone is 1. The van der Waals surface area contributed by atoms with Gasteiger partial charge in [0.1, 0.15) is 0 Å². The lowest BCUT2D eigenvalue weighted by Crippen LogP contribution is -2.19. The molecule has 0 heterocycles. The Bertz CT molecular complexity index is 359. The Balaban J connectivity index is 3.64. The quantitative estimate of drug-likeness (QED) is 0.0648. The van der Waals surface area contributed by atoms with Gasteiger partial charge in [0.15, 0.2) is 13.1 Å². The first-order valence-electron chi connectivity index (χ1n) is 14.4. The standard InChI is InChI=1S/C29H58O4/c1-4-7-10-13-14-16-19-24-30-28-31-25-20-17-15-18-23-29(32-26-21-11-8-5-2)33-27-22-12-9-6-3/h20,25,29H,4-19,21-24,26-28H2,1-3H3. The lowest BCUT2D eigenvalue weighted by atomic mass is 10.1. The topological polar surface area (TPSA) is 36.9 Å². The molecular formula is C29H58O4. The maximum atomic E-state index is 6.04. The highest BCUT2D eigenvalue weighted by atomic mass is 16.7. The molecule has 33 heavy (non-hydrogen) atoms. The average Bonchev–Trinajstić information content (AvgIpc) is 2.83. The van der Waals surface area contributed by atoms with E-state index in [0.29, 0.717) is 6.79 Å². The van der Waals surface area contributed by atoms with Crippen molar-refractivity contribution in [1.82, 2.24) is 0 Å². The van der Waals surface area contributed by atoms with Crippen LogP contribution in [0.2, 0.25) is 0 Å². The molecule has 0 radical (unpaired) electrons. The second-order valence-electron chi connectivity index (χ2n) is 9.26. The summed E-state index contributed by atoms with van der Waals surface area (Å²) in [7, 11) is 0. The van der Waals surface area contributed by atoms with Crippen LogP contribution in [-0.4, -0.2) is 32.9 Å². The largest absolute Gasteiger partial charge is 0.475 e. The Hall–Kier alpha value is -0.580. The summed E-state index contributed by atoms with van der Waals surface area (Å²) in [4.78, 5) is 0. The van der Waals surface area contributed by atoms with Crippen molar-refractivity contribution in [2.24, 2.45) is 0 Å². The maximum Gasteiger partial charge on any atom is 0.188 e. The van der Waals surface area contributed by atoms with Gasteiger partial charge in [0.25, 0.3) is 0 Å². The van der Waals surface area contributed by atoms with Crippen LogP contribution in [0.3, 0.4) is 0 Å². The van der Waals surface area contributed by atoms with E-state index in [0.717, 1.165) is 64.8 Å². The van der Waals surface area contributed by atoms with E-state index >= 15 is 0 Å². The van der Waals surface area contributed by atoms with Crippen LogP contribution < -0.4 is 0 Å². The smallest absolute Gasteiger partial charge is 0.188 e. The third kappa shape index (κ3) is 27.5. The molecule has 0 spiro atoms. The SMILES string of the molecule is CCCCCCCCCOCOC=CCCCCC(OCCCCCC)OCCCCCC. The third-order valence-corrected chi connectivity index (χ3v) is 5.90. The first kappa shape index (κ1) is 32.4. The van der Waals surface area contributed by atoms with Crippen LogP contribution in [0.25, 0.3) is 0 Å². The monoisotopic (exact) mass is 470 g/mol. The minimum Gasteiger partial charge on any atom is -0.475 e. The molecule has 198 valence electrons. The lowest BCUT2D eigenvalue weighted by molar-refractivity contribution is -0.148. The molecule has 0 saturated heterocycles. The fourth-order valence-corrected chi connectivity index (χ4v) is 3.72. The van der Waals surface area contributed by atoms with E-state index in [1.807, 2.05) is 0 Å². The zero-order chi connectivity index (χ0) is 24.1. The van der Waals surface area contributed by atoms with Crippen molar-refractivity contribution in [3.63, 3.8) is 0 Å². The molecule has 0 rings (SSSR count). The predicted molar refractivity (Wildman–Crippen MR) is 141 cm³/mol. The Labute approximate surface area is 207 Å². The molecule has 0 N–H and O–H groups in total. The average molecular weight is 471 g/mol. The van der Waals surface area contributed by atoms with Gasteiger partial charge in [-0.3, -0.25) is 0 Å². The summed E-state index contributed by atoms with van der Waals surface area (Å²) < 4.78 is 23.1. The number of unbranched alkanes of at least 4 members (excludes halogenated alkanes) is 14.